The number of thioether (sulfide) groups is 1. The van der Waals surface area contributed by atoms with E-state index in [-0.39, 0.29) is 18.4 Å². The van der Waals surface area contributed by atoms with Crippen molar-refractivity contribution in [2.75, 3.05) is 36.7 Å². The first-order chi connectivity index (χ1) is 7.49. The zero-order chi connectivity index (χ0) is 12.4. The van der Waals surface area contributed by atoms with Crippen molar-refractivity contribution in [3.63, 3.8) is 0 Å². The molecule has 0 amide bonds. The van der Waals surface area contributed by atoms with Gasteiger partial charge in [0.15, 0.2) is 0 Å². The molecule has 0 radical (unpaired) electrons. The third-order valence-electron chi connectivity index (χ3n) is 2.08. The van der Waals surface area contributed by atoms with Crippen LogP contribution in [0.3, 0.4) is 0 Å². The van der Waals surface area contributed by atoms with E-state index in [1.165, 1.54) is 6.26 Å². The maximum Gasteiger partial charge on any atom is 0.148 e. The summed E-state index contributed by atoms with van der Waals surface area (Å²) in [5.74, 6) is 1.72. The van der Waals surface area contributed by atoms with Gasteiger partial charge in [0.05, 0.1) is 5.75 Å². The Morgan fingerprint density at radius 1 is 1.44 bits per heavy atom. The van der Waals surface area contributed by atoms with E-state index in [1.54, 1.807) is 11.8 Å². The Morgan fingerprint density at radius 3 is 2.62 bits per heavy atom. The highest BCUT2D eigenvalue weighted by Gasteiger charge is 2.08. The zero-order valence-electron chi connectivity index (χ0n) is 10.1. The molecule has 0 saturated heterocycles. The average molecular weight is 269 g/mol. The molecule has 0 aliphatic rings. The molecule has 2 N–H and O–H groups in total. The van der Waals surface area contributed by atoms with Gasteiger partial charge >= 0.3 is 0 Å². The van der Waals surface area contributed by atoms with Crippen molar-refractivity contribution in [2.24, 2.45) is 0 Å². The van der Waals surface area contributed by atoms with E-state index in [9.17, 15) is 8.42 Å². The van der Waals surface area contributed by atoms with Gasteiger partial charge < -0.3 is 10.4 Å². The van der Waals surface area contributed by atoms with Crippen molar-refractivity contribution < 1.29 is 13.5 Å². The Morgan fingerprint density at radius 2 is 2.12 bits per heavy atom. The molecule has 1 atom stereocenters. The first-order valence-corrected chi connectivity index (χ1v) is 8.80. The SMILES string of the molecule is CCCNC(CCO)CSCCS(C)(=O)=O. The molecule has 0 fully saturated rings. The van der Waals surface area contributed by atoms with E-state index in [4.69, 9.17) is 5.11 Å². The second-order valence-electron chi connectivity index (χ2n) is 3.87. The molecule has 0 bridgehead atoms. The van der Waals surface area contributed by atoms with E-state index in [0.29, 0.717) is 5.75 Å². The molecule has 0 aromatic heterocycles. The number of rotatable bonds is 10. The average Bonchev–Trinajstić information content (AvgIpc) is 2.19. The van der Waals surface area contributed by atoms with Gasteiger partial charge in [-0.15, -0.1) is 0 Å². The highest BCUT2D eigenvalue weighted by atomic mass is 32.2. The van der Waals surface area contributed by atoms with Crippen LogP contribution in [0.15, 0.2) is 0 Å². The number of aliphatic hydroxyl groups is 1. The molecule has 0 saturated carbocycles. The minimum absolute atomic E-state index is 0.175. The molecule has 0 rings (SSSR count). The smallest absolute Gasteiger partial charge is 0.148 e. The quantitative estimate of drug-likeness (QED) is 0.566. The van der Waals surface area contributed by atoms with Crippen molar-refractivity contribution in [3.05, 3.63) is 0 Å². The van der Waals surface area contributed by atoms with E-state index in [1.807, 2.05) is 0 Å². The summed E-state index contributed by atoms with van der Waals surface area (Å²) in [4.78, 5) is 0. The van der Waals surface area contributed by atoms with Gasteiger partial charge in [-0.2, -0.15) is 11.8 Å². The van der Waals surface area contributed by atoms with Crippen LogP contribution in [0.2, 0.25) is 0 Å². The van der Waals surface area contributed by atoms with Crippen LogP contribution < -0.4 is 5.32 Å². The van der Waals surface area contributed by atoms with Crippen LogP contribution >= 0.6 is 11.8 Å². The molecular formula is C10H23NO3S2. The molecule has 16 heavy (non-hydrogen) atoms. The minimum atomic E-state index is -2.84. The Balaban J connectivity index is 3.66. The normalized spacial score (nSPS) is 13.9. The lowest BCUT2D eigenvalue weighted by molar-refractivity contribution is 0.270. The molecule has 0 aliphatic heterocycles. The van der Waals surface area contributed by atoms with Crippen LogP contribution in [0.4, 0.5) is 0 Å². The first-order valence-electron chi connectivity index (χ1n) is 5.59. The third-order valence-corrected chi connectivity index (χ3v) is 4.41. The topological polar surface area (TPSA) is 66.4 Å². The third kappa shape index (κ3) is 10.7. The number of hydrogen-bond donors (Lipinski definition) is 2. The molecule has 6 heteroatoms. The minimum Gasteiger partial charge on any atom is -0.396 e. The summed E-state index contributed by atoms with van der Waals surface area (Å²) in [6.07, 6.45) is 3.05. The van der Waals surface area contributed by atoms with E-state index < -0.39 is 9.84 Å². The monoisotopic (exact) mass is 269 g/mol. The Kier molecular flexibility index (Phi) is 9.40. The van der Waals surface area contributed by atoms with Crippen molar-refractivity contribution in [3.8, 4) is 0 Å². The lowest BCUT2D eigenvalue weighted by Gasteiger charge is -2.16. The summed E-state index contributed by atoms with van der Waals surface area (Å²) >= 11 is 1.63. The van der Waals surface area contributed by atoms with Gasteiger partial charge in [-0.05, 0) is 19.4 Å². The summed E-state index contributed by atoms with van der Waals surface area (Å²) in [5.41, 5.74) is 0. The zero-order valence-corrected chi connectivity index (χ0v) is 11.7. The summed E-state index contributed by atoms with van der Waals surface area (Å²) in [6, 6.07) is 0.287. The van der Waals surface area contributed by atoms with E-state index in [2.05, 4.69) is 12.2 Å². The van der Waals surface area contributed by atoms with Crippen LogP contribution in [0.1, 0.15) is 19.8 Å². The molecule has 4 nitrogen and oxygen atoms in total. The summed E-state index contributed by atoms with van der Waals surface area (Å²) < 4.78 is 21.8. The van der Waals surface area contributed by atoms with Gasteiger partial charge in [0.25, 0.3) is 0 Å². The van der Waals surface area contributed by atoms with Crippen molar-refractivity contribution >= 4 is 21.6 Å². The van der Waals surface area contributed by atoms with Crippen LogP contribution in [0.5, 0.6) is 0 Å². The maximum atomic E-state index is 10.9. The predicted octanol–water partition coefficient (Wildman–Crippen LogP) is 0.515. The fraction of sp³-hybridized carbons (Fsp3) is 1.00. The predicted molar refractivity (Wildman–Crippen MR) is 70.8 cm³/mol. The van der Waals surface area contributed by atoms with Crippen molar-refractivity contribution in [1.82, 2.24) is 5.32 Å². The van der Waals surface area contributed by atoms with Gasteiger partial charge in [-0.1, -0.05) is 6.92 Å². The van der Waals surface area contributed by atoms with Crippen molar-refractivity contribution in [1.29, 1.82) is 0 Å². The van der Waals surface area contributed by atoms with E-state index >= 15 is 0 Å². The van der Waals surface area contributed by atoms with Crippen molar-refractivity contribution in [2.45, 2.75) is 25.8 Å². The van der Waals surface area contributed by atoms with Gasteiger partial charge in [0, 0.05) is 30.4 Å². The van der Waals surface area contributed by atoms with Gasteiger partial charge in [0.1, 0.15) is 9.84 Å². The molecule has 0 aromatic carbocycles. The molecule has 0 aliphatic carbocycles. The maximum absolute atomic E-state index is 10.9. The highest BCUT2D eigenvalue weighted by molar-refractivity contribution is 8.00. The van der Waals surface area contributed by atoms with E-state index in [0.717, 1.165) is 25.1 Å². The standard InChI is InChI=1S/C10H23NO3S2/c1-3-5-11-10(4-6-12)9-15-7-8-16(2,13)14/h10-12H,3-9H2,1-2H3. The fourth-order valence-corrected chi connectivity index (χ4v) is 3.60. The van der Waals surface area contributed by atoms with Crippen LogP contribution in [0, 0.1) is 0 Å². The number of nitrogens with one attached hydrogen (secondary N) is 1. The molecule has 0 spiro atoms. The fourth-order valence-electron chi connectivity index (χ4n) is 1.18. The number of aliphatic hydroxyl groups excluding tert-OH is 1. The van der Waals surface area contributed by atoms with Crippen LogP contribution in [0.25, 0.3) is 0 Å². The Labute approximate surface area is 103 Å². The van der Waals surface area contributed by atoms with Gasteiger partial charge in [-0.3, -0.25) is 0 Å². The Bertz CT molecular complexity index is 255. The summed E-state index contributed by atoms with van der Waals surface area (Å²) in [6.45, 7) is 3.21. The lowest BCUT2D eigenvalue weighted by Crippen LogP contribution is -2.33. The number of hydrogen-bond acceptors (Lipinski definition) is 5. The second-order valence-corrected chi connectivity index (χ2v) is 7.28. The molecule has 1 unspecified atom stereocenters. The molecule has 0 aromatic rings. The molecule has 0 heterocycles. The molecular weight excluding hydrogens is 246 g/mol. The second kappa shape index (κ2) is 9.27. The first kappa shape index (κ1) is 16.2. The summed E-state index contributed by atoms with van der Waals surface area (Å²) in [7, 11) is -2.84. The van der Waals surface area contributed by atoms with Crippen LogP contribution in [-0.2, 0) is 9.84 Å². The lowest BCUT2D eigenvalue weighted by atomic mass is 10.2. The number of sulfone groups is 1. The largest absolute Gasteiger partial charge is 0.396 e. The van der Waals surface area contributed by atoms with Gasteiger partial charge in [-0.25, -0.2) is 8.42 Å². The summed E-state index contributed by atoms with van der Waals surface area (Å²) in [5, 5.41) is 12.2. The molecule has 98 valence electrons. The Hall–Kier alpha value is 0.220. The van der Waals surface area contributed by atoms with Gasteiger partial charge in [0.2, 0.25) is 0 Å². The van der Waals surface area contributed by atoms with Crippen LogP contribution in [-0.4, -0.2) is 56.2 Å². The highest BCUT2D eigenvalue weighted by Crippen LogP contribution is 2.06.